The molecule has 1 aromatic heterocycles. The third-order valence-corrected chi connectivity index (χ3v) is 9.08. The van der Waals surface area contributed by atoms with Crippen molar-refractivity contribution in [1.29, 1.82) is 0 Å². The number of H-pyrrole nitrogens is 1. The van der Waals surface area contributed by atoms with Crippen LogP contribution in [0.15, 0.2) is 24.9 Å². The molecule has 0 bridgehead atoms. The van der Waals surface area contributed by atoms with Crippen molar-refractivity contribution in [2.24, 2.45) is 10.8 Å². The Morgan fingerprint density at radius 3 is 2.16 bits per heavy atom. The van der Waals surface area contributed by atoms with E-state index in [0.29, 0.717) is 0 Å². The zero-order valence-electron chi connectivity index (χ0n) is 12.7. The minimum absolute atomic E-state index is 0.00491. The van der Waals surface area contributed by atoms with Gasteiger partial charge in [0.2, 0.25) is 0 Å². The Kier molecular flexibility index (Phi) is 3.88. The average Bonchev–Trinajstić information content (AvgIpc) is 2.24. The molecule has 1 aliphatic heterocycles. The van der Waals surface area contributed by atoms with Crippen molar-refractivity contribution in [3.8, 4) is 0 Å². The fourth-order valence-corrected chi connectivity index (χ4v) is 7.16. The Bertz CT molecular complexity index is 709. The van der Waals surface area contributed by atoms with E-state index in [1.807, 2.05) is 6.07 Å². The molecule has 19 heavy (non-hydrogen) atoms. The molecule has 2 nitrogen and oxygen atoms in total. The standard InChI is InChI=1S/C16H22NO.Y/c1-15(2,3)11-12(16(4,5)6)10-13-8-7-9-14(18)17-13;/h7,9-10H,1-6H3,(H,17,18);. The number of aromatic nitrogens is 1. The van der Waals surface area contributed by atoms with Crippen molar-refractivity contribution in [1.82, 2.24) is 4.98 Å². The number of hydrogen-bond acceptors (Lipinski definition) is 1. The second kappa shape index (κ2) is 4.89. The topological polar surface area (TPSA) is 32.9 Å². The van der Waals surface area contributed by atoms with Crippen molar-refractivity contribution in [3.63, 3.8) is 0 Å². The predicted octanol–water partition coefficient (Wildman–Crippen LogP) is 2.85. The van der Waals surface area contributed by atoms with Gasteiger partial charge in [0.05, 0.1) is 0 Å². The van der Waals surface area contributed by atoms with E-state index < -0.39 is 28.7 Å². The molecular formula is C16H22NOY. The van der Waals surface area contributed by atoms with Gasteiger partial charge in [0.15, 0.2) is 0 Å². The number of aromatic amines is 1. The molecule has 100 valence electrons. The van der Waals surface area contributed by atoms with E-state index in [1.54, 1.807) is 8.45 Å². The normalized spacial score (nSPS) is 15.3. The van der Waals surface area contributed by atoms with Gasteiger partial charge in [-0.15, -0.1) is 0 Å². The molecule has 0 aliphatic carbocycles. The second-order valence-electron chi connectivity index (χ2n) is 7.31. The van der Waals surface area contributed by atoms with Gasteiger partial charge in [0.25, 0.3) is 0 Å². The molecule has 2 rings (SSSR count). The summed E-state index contributed by atoms with van der Waals surface area (Å²) in [6.07, 6.45) is 2.21. The van der Waals surface area contributed by atoms with Gasteiger partial charge in [-0.25, -0.2) is 0 Å². The van der Waals surface area contributed by atoms with Crippen molar-refractivity contribution in [2.75, 3.05) is 0 Å². The van der Waals surface area contributed by atoms with Gasteiger partial charge in [-0.05, 0) is 0 Å². The van der Waals surface area contributed by atoms with E-state index in [9.17, 15) is 4.79 Å². The van der Waals surface area contributed by atoms with E-state index >= 15 is 0 Å². The Hall–Kier alpha value is -0.336. The van der Waals surface area contributed by atoms with E-state index in [0.717, 1.165) is 5.35 Å². The third kappa shape index (κ3) is 3.22. The first-order valence-electron chi connectivity index (χ1n) is 6.77. The van der Waals surface area contributed by atoms with Crippen molar-refractivity contribution >= 4 is 6.08 Å². The molecule has 0 aromatic carbocycles. The Balaban J connectivity index is 2.83. The number of nitrogens with one attached hydrogen (secondary N) is 1. The summed E-state index contributed by atoms with van der Waals surface area (Å²) in [5, 5.41) is 1.06. The number of rotatable bonds is 0. The molecule has 0 fully saturated rings. The fraction of sp³-hybridized carbons (Fsp3) is 0.500. The zero-order valence-corrected chi connectivity index (χ0v) is 15.6. The molecule has 0 radical (unpaired) electrons. The first-order chi connectivity index (χ1) is 8.59. The van der Waals surface area contributed by atoms with Gasteiger partial charge >= 0.3 is 130 Å². The molecule has 3 heteroatoms. The molecule has 1 N–H and O–H groups in total. The maximum atomic E-state index is 11.5. The summed E-state index contributed by atoms with van der Waals surface area (Å²) in [6.45, 7) is 13.7. The SMILES string of the molecule is CC(C)(C)C1=[C](C(C)(C)C)[Y]=[c]2ccc(=O)[nH]c2=C1. The first kappa shape index (κ1) is 15.1. The van der Waals surface area contributed by atoms with Crippen LogP contribution in [0.3, 0.4) is 0 Å². The van der Waals surface area contributed by atoms with E-state index in [-0.39, 0.29) is 16.4 Å². The first-order valence-corrected chi connectivity index (χ1v) is 9.61. The van der Waals surface area contributed by atoms with Gasteiger partial charge in [-0.3, -0.25) is 0 Å². The predicted molar refractivity (Wildman–Crippen MR) is 75.9 cm³/mol. The molecule has 1 aliphatic rings. The van der Waals surface area contributed by atoms with Gasteiger partial charge in [-0.2, -0.15) is 0 Å². The number of allylic oxidation sites excluding steroid dienone is 2. The summed E-state index contributed by atoms with van der Waals surface area (Å²) >= 11 is -1.02. The van der Waals surface area contributed by atoms with Crippen LogP contribution < -0.4 is 10.9 Å². The van der Waals surface area contributed by atoms with Crippen LogP contribution in [0.4, 0.5) is 0 Å². The Labute approximate surface area is 129 Å². The van der Waals surface area contributed by atoms with Crippen LogP contribution in [0, 0.1) is 12.8 Å². The van der Waals surface area contributed by atoms with Crippen LogP contribution in [0.5, 0.6) is 0 Å². The molecule has 2 heterocycles. The number of fused-ring (bicyclic) bond motifs is 1. The molecule has 0 saturated carbocycles. The van der Waals surface area contributed by atoms with Crippen LogP contribution in [0.2, 0.25) is 0 Å². The van der Waals surface area contributed by atoms with Crippen LogP contribution in [-0.4, -0.2) is 4.98 Å². The summed E-state index contributed by atoms with van der Waals surface area (Å²) in [6, 6.07) is 3.71. The van der Waals surface area contributed by atoms with Crippen LogP contribution >= 0.6 is 0 Å². The molecular weight excluding hydrogens is 311 g/mol. The van der Waals surface area contributed by atoms with Gasteiger partial charge in [0, 0.05) is 0 Å². The molecule has 0 amide bonds. The van der Waals surface area contributed by atoms with Crippen molar-refractivity contribution in [3.05, 3.63) is 37.7 Å². The maximum absolute atomic E-state index is 11.5. The van der Waals surface area contributed by atoms with Crippen LogP contribution in [-0.2, 0) is 28.7 Å². The fourth-order valence-electron chi connectivity index (χ4n) is 2.44. The Morgan fingerprint density at radius 2 is 1.63 bits per heavy atom. The van der Waals surface area contributed by atoms with E-state index in [2.05, 4.69) is 52.6 Å². The van der Waals surface area contributed by atoms with E-state index in [1.165, 1.54) is 7.52 Å². The van der Waals surface area contributed by atoms with Gasteiger partial charge in [0.1, 0.15) is 0 Å². The third-order valence-electron chi connectivity index (χ3n) is 3.48. The molecule has 0 spiro atoms. The minimum atomic E-state index is -1.02. The summed E-state index contributed by atoms with van der Waals surface area (Å²) in [7, 11) is 0. The Morgan fingerprint density at radius 1 is 1.00 bits per heavy atom. The van der Waals surface area contributed by atoms with E-state index in [4.69, 9.17) is 0 Å². The zero-order chi connectivity index (χ0) is 14.4. The van der Waals surface area contributed by atoms with Gasteiger partial charge < -0.3 is 0 Å². The van der Waals surface area contributed by atoms with Crippen molar-refractivity contribution < 1.29 is 28.7 Å². The second-order valence-corrected chi connectivity index (χ2v) is 11.0. The number of hydrogen-bond donors (Lipinski definition) is 1. The van der Waals surface area contributed by atoms with Crippen molar-refractivity contribution in [2.45, 2.75) is 41.5 Å². The monoisotopic (exact) mass is 333 g/mol. The number of pyridine rings is 1. The average molecular weight is 333 g/mol. The molecule has 0 saturated heterocycles. The summed E-state index contributed by atoms with van der Waals surface area (Å²) < 4.78 is 3.07. The molecule has 0 unspecified atom stereocenters. The molecule has 0 atom stereocenters. The van der Waals surface area contributed by atoms with Crippen LogP contribution in [0.25, 0.3) is 6.08 Å². The van der Waals surface area contributed by atoms with Gasteiger partial charge in [-0.1, -0.05) is 0 Å². The summed E-state index contributed by atoms with van der Waals surface area (Å²) in [4.78, 5) is 14.5. The quantitative estimate of drug-likeness (QED) is 0.778. The van der Waals surface area contributed by atoms with Crippen LogP contribution in [0.1, 0.15) is 41.5 Å². The summed E-state index contributed by atoms with van der Waals surface area (Å²) in [5.41, 5.74) is 1.81. The summed E-state index contributed by atoms with van der Waals surface area (Å²) in [5.74, 6) is 0. The molecule has 1 aromatic rings.